The summed E-state index contributed by atoms with van der Waals surface area (Å²) in [4.78, 5) is 13.0. The maximum absolute atomic E-state index is 10.7. The molecule has 3 N–H and O–H groups in total. The summed E-state index contributed by atoms with van der Waals surface area (Å²) >= 11 is 0. The normalized spacial score (nSPS) is 35.7. The van der Waals surface area contributed by atoms with E-state index in [0.29, 0.717) is 12.3 Å². The van der Waals surface area contributed by atoms with Crippen LogP contribution < -0.4 is 5.73 Å². The molecule has 2 atom stereocenters. The van der Waals surface area contributed by atoms with E-state index in [-0.39, 0.29) is 5.91 Å². The predicted octanol–water partition coefficient (Wildman–Crippen LogP) is 0.489. The molecule has 0 radical (unpaired) electrons. The molecule has 0 aromatic heterocycles. The average molecular weight is 226 g/mol. The lowest BCUT2D eigenvalue weighted by Gasteiger charge is -2.47. The van der Waals surface area contributed by atoms with E-state index >= 15 is 0 Å². The summed E-state index contributed by atoms with van der Waals surface area (Å²) in [6, 6.07) is 0. The van der Waals surface area contributed by atoms with Crippen LogP contribution in [0.2, 0.25) is 0 Å². The van der Waals surface area contributed by atoms with Crippen LogP contribution >= 0.6 is 0 Å². The zero-order valence-corrected chi connectivity index (χ0v) is 9.82. The maximum Gasteiger partial charge on any atom is 0.218 e. The van der Waals surface area contributed by atoms with Crippen LogP contribution in [0.5, 0.6) is 0 Å². The highest BCUT2D eigenvalue weighted by Crippen LogP contribution is 2.39. The quantitative estimate of drug-likeness (QED) is 0.736. The molecule has 92 valence electrons. The minimum absolute atomic E-state index is 0.232. The number of nitrogens with two attached hydrogens (primary N) is 1. The largest absolute Gasteiger partial charge is 0.390 e. The third-order valence-corrected chi connectivity index (χ3v) is 4.19. The number of fused-ring (bicyclic) bond motifs is 1. The van der Waals surface area contributed by atoms with Crippen molar-refractivity contribution >= 4 is 5.91 Å². The van der Waals surface area contributed by atoms with E-state index in [1.807, 2.05) is 0 Å². The number of carbonyl (C=O) groups excluding carboxylic acids is 1. The second kappa shape index (κ2) is 4.72. The number of rotatable bonds is 3. The number of carbonyl (C=O) groups is 1. The summed E-state index contributed by atoms with van der Waals surface area (Å²) in [5.74, 6) is 0.173. The molecule has 2 rings (SSSR count). The molecule has 1 saturated heterocycles. The van der Waals surface area contributed by atoms with Crippen molar-refractivity contribution in [2.75, 3.05) is 19.6 Å². The standard InChI is InChI=1S/C12H22N2O2/c13-11(15)4-7-14-8-6-12(16)5-2-1-3-10(12)9-14/h10,16H,1-9H2,(H2,13,15). The van der Waals surface area contributed by atoms with Crippen molar-refractivity contribution in [3.63, 3.8) is 0 Å². The topological polar surface area (TPSA) is 66.6 Å². The zero-order valence-electron chi connectivity index (χ0n) is 9.82. The van der Waals surface area contributed by atoms with Gasteiger partial charge in [0.25, 0.3) is 0 Å². The molecule has 1 aliphatic heterocycles. The van der Waals surface area contributed by atoms with Gasteiger partial charge in [-0.05, 0) is 19.3 Å². The summed E-state index contributed by atoms with van der Waals surface area (Å²) in [5.41, 5.74) is 4.74. The monoisotopic (exact) mass is 226 g/mol. The van der Waals surface area contributed by atoms with E-state index < -0.39 is 5.60 Å². The highest BCUT2D eigenvalue weighted by molar-refractivity contribution is 5.73. The number of hydrogen-bond donors (Lipinski definition) is 2. The number of aliphatic hydroxyl groups is 1. The van der Waals surface area contributed by atoms with Gasteiger partial charge in [0.1, 0.15) is 0 Å². The van der Waals surface area contributed by atoms with E-state index in [0.717, 1.165) is 45.3 Å². The molecule has 0 aromatic carbocycles. The molecule has 2 fully saturated rings. The molecule has 16 heavy (non-hydrogen) atoms. The minimum atomic E-state index is -0.415. The van der Waals surface area contributed by atoms with Gasteiger partial charge in [0.15, 0.2) is 0 Å². The Bertz CT molecular complexity index is 270. The second-order valence-electron chi connectivity index (χ2n) is 5.31. The fraction of sp³-hybridized carbons (Fsp3) is 0.917. The molecule has 4 nitrogen and oxygen atoms in total. The molecule has 1 amide bonds. The van der Waals surface area contributed by atoms with Crippen LogP contribution in [0.15, 0.2) is 0 Å². The summed E-state index contributed by atoms with van der Waals surface area (Å²) < 4.78 is 0. The molecular weight excluding hydrogens is 204 g/mol. The summed E-state index contributed by atoms with van der Waals surface area (Å²) in [7, 11) is 0. The number of likely N-dealkylation sites (tertiary alicyclic amines) is 1. The first-order chi connectivity index (χ1) is 7.60. The number of hydrogen-bond acceptors (Lipinski definition) is 3. The molecule has 1 aliphatic carbocycles. The lowest BCUT2D eigenvalue weighted by molar-refractivity contribution is -0.119. The molecule has 4 heteroatoms. The number of primary amides is 1. The maximum atomic E-state index is 10.7. The smallest absolute Gasteiger partial charge is 0.218 e. The van der Waals surface area contributed by atoms with Gasteiger partial charge >= 0.3 is 0 Å². The van der Waals surface area contributed by atoms with E-state index in [4.69, 9.17) is 5.73 Å². The van der Waals surface area contributed by atoms with Crippen LogP contribution in [0.25, 0.3) is 0 Å². The highest BCUT2D eigenvalue weighted by atomic mass is 16.3. The summed E-state index contributed by atoms with van der Waals surface area (Å²) in [5, 5.41) is 10.5. The Hall–Kier alpha value is -0.610. The molecule has 0 bridgehead atoms. The van der Waals surface area contributed by atoms with Crippen LogP contribution in [0.3, 0.4) is 0 Å². The van der Waals surface area contributed by atoms with Crippen LogP contribution in [-0.2, 0) is 4.79 Å². The molecule has 2 unspecified atom stereocenters. The van der Waals surface area contributed by atoms with Crippen molar-refractivity contribution in [3.8, 4) is 0 Å². The Kier molecular flexibility index (Phi) is 3.50. The third kappa shape index (κ3) is 2.55. The molecule has 0 spiro atoms. The van der Waals surface area contributed by atoms with E-state index in [2.05, 4.69) is 4.90 Å². The number of nitrogens with zero attached hydrogens (tertiary/aromatic N) is 1. The fourth-order valence-corrected chi connectivity index (χ4v) is 3.11. The van der Waals surface area contributed by atoms with Crippen LogP contribution in [0, 0.1) is 5.92 Å². The van der Waals surface area contributed by atoms with E-state index in [1.165, 1.54) is 6.42 Å². The number of piperidine rings is 1. The molecule has 2 aliphatic rings. The first-order valence-corrected chi connectivity index (χ1v) is 6.33. The van der Waals surface area contributed by atoms with Crippen LogP contribution in [0.1, 0.15) is 38.5 Å². The van der Waals surface area contributed by atoms with Gasteiger partial charge in [-0.3, -0.25) is 4.79 Å². The van der Waals surface area contributed by atoms with Crippen molar-refractivity contribution < 1.29 is 9.90 Å². The second-order valence-corrected chi connectivity index (χ2v) is 5.31. The third-order valence-electron chi connectivity index (χ3n) is 4.19. The first-order valence-electron chi connectivity index (χ1n) is 6.33. The fourth-order valence-electron chi connectivity index (χ4n) is 3.11. The highest BCUT2D eigenvalue weighted by Gasteiger charge is 2.42. The van der Waals surface area contributed by atoms with Crippen molar-refractivity contribution in [2.45, 2.75) is 44.1 Å². The van der Waals surface area contributed by atoms with Crippen molar-refractivity contribution in [3.05, 3.63) is 0 Å². The Morgan fingerprint density at radius 2 is 2.25 bits per heavy atom. The molecule has 1 saturated carbocycles. The van der Waals surface area contributed by atoms with Gasteiger partial charge in [-0.1, -0.05) is 12.8 Å². The van der Waals surface area contributed by atoms with E-state index in [9.17, 15) is 9.90 Å². The van der Waals surface area contributed by atoms with Gasteiger partial charge in [0, 0.05) is 32.0 Å². The molecule has 0 aromatic rings. The number of amides is 1. The Balaban J connectivity index is 1.87. The Labute approximate surface area is 96.8 Å². The lowest BCUT2D eigenvalue weighted by Crippen LogP contribution is -2.53. The van der Waals surface area contributed by atoms with Crippen LogP contribution in [0.4, 0.5) is 0 Å². The van der Waals surface area contributed by atoms with Gasteiger partial charge in [0.2, 0.25) is 5.91 Å². The molecule has 1 heterocycles. The minimum Gasteiger partial charge on any atom is -0.390 e. The average Bonchev–Trinajstić information content (AvgIpc) is 2.26. The molecular formula is C12H22N2O2. The van der Waals surface area contributed by atoms with Gasteiger partial charge in [-0.25, -0.2) is 0 Å². The van der Waals surface area contributed by atoms with Gasteiger partial charge in [-0.2, -0.15) is 0 Å². The summed E-state index contributed by atoms with van der Waals surface area (Å²) in [6.45, 7) is 2.59. The van der Waals surface area contributed by atoms with Gasteiger partial charge < -0.3 is 15.7 Å². The zero-order chi connectivity index (χ0) is 11.6. The van der Waals surface area contributed by atoms with Gasteiger partial charge in [-0.15, -0.1) is 0 Å². The van der Waals surface area contributed by atoms with Crippen molar-refractivity contribution in [2.24, 2.45) is 11.7 Å². The Morgan fingerprint density at radius 1 is 1.44 bits per heavy atom. The predicted molar refractivity (Wildman–Crippen MR) is 61.8 cm³/mol. The lowest BCUT2D eigenvalue weighted by atomic mass is 9.71. The van der Waals surface area contributed by atoms with Crippen molar-refractivity contribution in [1.29, 1.82) is 0 Å². The first kappa shape index (κ1) is 11.9. The van der Waals surface area contributed by atoms with Crippen molar-refractivity contribution in [1.82, 2.24) is 4.90 Å². The summed E-state index contributed by atoms with van der Waals surface area (Å²) in [6.07, 6.45) is 5.78. The van der Waals surface area contributed by atoms with E-state index in [1.54, 1.807) is 0 Å². The van der Waals surface area contributed by atoms with Crippen LogP contribution in [-0.4, -0.2) is 41.1 Å². The SMILES string of the molecule is NC(=O)CCN1CCC2(O)CCCCC2C1. The Morgan fingerprint density at radius 3 is 3.00 bits per heavy atom. The van der Waals surface area contributed by atoms with Gasteiger partial charge in [0.05, 0.1) is 5.60 Å².